The van der Waals surface area contributed by atoms with Gasteiger partial charge in [0.05, 0.1) is 0 Å². The van der Waals surface area contributed by atoms with Gasteiger partial charge in [0.2, 0.25) is 0 Å². The summed E-state index contributed by atoms with van der Waals surface area (Å²) in [7, 11) is 0. The highest BCUT2D eigenvalue weighted by Crippen LogP contribution is 2.59. The highest BCUT2D eigenvalue weighted by Gasteiger charge is 2.58. The van der Waals surface area contributed by atoms with Gasteiger partial charge in [0.1, 0.15) is 5.60 Å². The molecule has 0 bridgehead atoms. The molecule has 0 amide bonds. The van der Waals surface area contributed by atoms with Crippen LogP contribution in [-0.4, -0.2) is 22.6 Å². The fraction of sp³-hybridized carbons (Fsp3) is 0.889. The van der Waals surface area contributed by atoms with E-state index in [2.05, 4.69) is 6.92 Å². The van der Waals surface area contributed by atoms with Crippen molar-refractivity contribution in [1.82, 2.24) is 0 Å². The molecule has 0 spiro atoms. The molecular formula is C18H28O4. The summed E-state index contributed by atoms with van der Waals surface area (Å²) in [6, 6.07) is 0. The number of carbonyl (C=O) groups excluding carboxylic acids is 1. The average Bonchev–Trinajstić information content (AvgIpc) is 2.84. The maximum atomic E-state index is 11.8. The average molecular weight is 308 g/mol. The Morgan fingerprint density at radius 3 is 2.36 bits per heavy atom. The Bertz CT molecular complexity index is 454. The first-order valence-electron chi connectivity index (χ1n) is 8.92. The minimum Gasteiger partial charge on any atom is -0.473 e. The van der Waals surface area contributed by atoms with Gasteiger partial charge in [-0.05, 0) is 50.4 Å². The van der Waals surface area contributed by atoms with Crippen LogP contribution in [0.25, 0.3) is 0 Å². The minimum atomic E-state index is -1.46. The van der Waals surface area contributed by atoms with Crippen LogP contribution in [0.1, 0.15) is 77.6 Å². The lowest BCUT2D eigenvalue weighted by molar-refractivity contribution is -0.192. The maximum Gasteiger partial charge on any atom is 0.417 e. The normalized spacial score (nSPS) is 39.2. The number of carboxylic acid groups (broad SMARTS) is 1. The number of hydrogen-bond donors (Lipinski definition) is 1. The molecular weight excluding hydrogens is 280 g/mol. The van der Waals surface area contributed by atoms with Gasteiger partial charge in [-0.2, -0.15) is 0 Å². The maximum absolute atomic E-state index is 11.8. The number of aliphatic carboxylic acids is 1. The van der Waals surface area contributed by atoms with Gasteiger partial charge in [-0.1, -0.05) is 39.0 Å². The van der Waals surface area contributed by atoms with Crippen molar-refractivity contribution in [2.75, 3.05) is 0 Å². The second-order valence-corrected chi connectivity index (χ2v) is 8.00. The van der Waals surface area contributed by atoms with Gasteiger partial charge in [-0.25, -0.2) is 9.59 Å². The van der Waals surface area contributed by atoms with Crippen LogP contribution in [0.15, 0.2) is 0 Å². The zero-order valence-corrected chi connectivity index (χ0v) is 13.6. The fourth-order valence-corrected chi connectivity index (χ4v) is 5.47. The molecule has 0 aromatic carbocycles. The Hall–Kier alpha value is -1.06. The number of rotatable bonds is 2. The molecule has 1 N–H and O–H groups in total. The molecule has 3 aliphatic rings. The van der Waals surface area contributed by atoms with Crippen LogP contribution in [0.4, 0.5) is 0 Å². The number of hydrogen-bond acceptors (Lipinski definition) is 3. The third-order valence-corrected chi connectivity index (χ3v) is 6.85. The van der Waals surface area contributed by atoms with Crippen molar-refractivity contribution in [3.05, 3.63) is 0 Å². The third-order valence-electron chi connectivity index (χ3n) is 6.85. The summed E-state index contributed by atoms with van der Waals surface area (Å²) in [4.78, 5) is 22.7. The quantitative estimate of drug-likeness (QED) is 0.620. The Morgan fingerprint density at radius 1 is 0.955 bits per heavy atom. The highest BCUT2D eigenvalue weighted by molar-refractivity contribution is 6.28. The van der Waals surface area contributed by atoms with E-state index in [1.807, 2.05) is 0 Å². The fourth-order valence-electron chi connectivity index (χ4n) is 5.47. The second-order valence-electron chi connectivity index (χ2n) is 8.00. The van der Waals surface area contributed by atoms with Crippen molar-refractivity contribution in [3.8, 4) is 0 Å². The van der Waals surface area contributed by atoms with Gasteiger partial charge in [-0.15, -0.1) is 0 Å². The monoisotopic (exact) mass is 308 g/mol. The van der Waals surface area contributed by atoms with Gasteiger partial charge in [0.25, 0.3) is 0 Å². The molecule has 4 heteroatoms. The van der Waals surface area contributed by atoms with E-state index in [1.54, 1.807) is 0 Å². The van der Waals surface area contributed by atoms with Gasteiger partial charge in [-0.3, -0.25) is 0 Å². The molecule has 22 heavy (non-hydrogen) atoms. The topological polar surface area (TPSA) is 63.6 Å². The molecule has 3 unspecified atom stereocenters. The number of carbonyl (C=O) groups is 2. The lowest BCUT2D eigenvalue weighted by Crippen LogP contribution is -2.52. The summed E-state index contributed by atoms with van der Waals surface area (Å²) in [6.45, 7) is 2.20. The Labute approximate surface area is 132 Å². The Morgan fingerprint density at radius 2 is 1.68 bits per heavy atom. The molecule has 3 rings (SSSR count). The largest absolute Gasteiger partial charge is 0.473 e. The molecule has 4 nitrogen and oxygen atoms in total. The molecule has 3 aliphatic carbocycles. The van der Waals surface area contributed by atoms with Crippen LogP contribution in [0.5, 0.6) is 0 Å². The van der Waals surface area contributed by atoms with Gasteiger partial charge in [0.15, 0.2) is 0 Å². The van der Waals surface area contributed by atoms with Gasteiger partial charge in [0, 0.05) is 5.41 Å². The predicted octanol–water partition coefficient (Wildman–Crippen LogP) is 3.92. The van der Waals surface area contributed by atoms with E-state index in [9.17, 15) is 9.59 Å². The van der Waals surface area contributed by atoms with E-state index in [1.165, 1.54) is 38.5 Å². The summed E-state index contributed by atoms with van der Waals surface area (Å²) in [5.41, 5.74) is -0.549. The molecule has 0 heterocycles. The summed E-state index contributed by atoms with van der Waals surface area (Å²) in [5.74, 6) is -1.16. The SMILES string of the molecule is CC12CCCC1(OC(=O)C(=O)O)CC(C1CCCCC1)CC2. The molecule has 124 valence electrons. The molecule has 3 saturated carbocycles. The first-order chi connectivity index (χ1) is 10.5. The van der Waals surface area contributed by atoms with Crippen LogP contribution in [-0.2, 0) is 14.3 Å². The molecule has 3 fully saturated rings. The standard InChI is InChI=1S/C18H28O4/c1-17-9-5-10-18(17,22-16(21)15(19)20)12-14(8-11-17)13-6-3-2-4-7-13/h13-14H,2-12H2,1H3,(H,19,20). The number of fused-ring (bicyclic) bond motifs is 1. The second kappa shape index (κ2) is 5.86. The number of ether oxygens (including phenoxy) is 1. The minimum absolute atomic E-state index is 0.0245. The smallest absolute Gasteiger partial charge is 0.417 e. The molecule has 3 atom stereocenters. The number of carboxylic acids is 1. The zero-order chi connectivity index (χ0) is 15.8. The molecule has 0 radical (unpaired) electrons. The summed E-state index contributed by atoms with van der Waals surface area (Å²) in [6.07, 6.45) is 12.7. The molecule has 0 aromatic heterocycles. The summed E-state index contributed by atoms with van der Waals surface area (Å²) >= 11 is 0. The van der Waals surface area contributed by atoms with Crippen LogP contribution in [0, 0.1) is 17.3 Å². The van der Waals surface area contributed by atoms with Crippen LogP contribution in [0.2, 0.25) is 0 Å². The van der Waals surface area contributed by atoms with E-state index in [0.717, 1.165) is 38.0 Å². The molecule has 0 aliphatic heterocycles. The van der Waals surface area contributed by atoms with Crippen molar-refractivity contribution >= 4 is 11.9 Å². The van der Waals surface area contributed by atoms with E-state index >= 15 is 0 Å². The van der Waals surface area contributed by atoms with E-state index in [0.29, 0.717) is 5.92 Å². The van der Waals surface area contributed by atoms with Crippen molar-refractivity contribution in [1.29, 1.82) is 0 Å². The predicted molar refractivity (Wildman–Crippen MR) is 82.3 cm³/mol. The molecule has 0 aromatic rings. The Balaban J connectivity index is 1.79. The van der Waals surface area contributed by atoms with Crippen molar-refractivity contribution in [2.24, 2.45) is 17.3 Å². The van der Waals surface area contributed by atoms with E-state index in [4.69, 9.17) is 9.84 Å². The highest BCUT2D eigenvalue weighted by atomic mass is 16.6. The molecule has 0 saturated heterocycles. The van der Waals surface area contributed by atoms with Gasteiger partial charge < -0.3 is 9.84 Å². The van der Waals surface area contributed by atoms with E-state index < -0.39 is 17.5 Å². The lowest BCUT2D eigenvalue weighted by Gasteiger charge is -2.51. The first-order valence-corrected chi connectivity index (χ1v) is 8.92. The zero-order valence-electron chi connectivity index (χ0n) is 13.6. The van der Waals surface area contributed by atoms with Crippen molar-refractivity contribution < 1.29 is 19.4 Å². The number of esters is 1. The van der Waals surface area contributed by atoms with Gasteiger partial charge >= 0.3 is 11.9 Å². The summed E-state index contributed by atoms with van der Waals surface area (Å²) in [5, 5.41) is 8.95. The lowest BCUT2D eigenvalue weighted by atomic mass is 9.59. The Kier molecular flexibility index (Phi) is 4.21. The van der Waals surface area contributed by atoms with Crippen LogP contribution in [0.3, 0.4) is 0 Å². The van der Waals surface area contributed by atoms with Crippen LogP contribution < -0.4 is 0 Å². The van der Waals surface area contributed by atoms with E-state index in [-0.39, 0.29) is 5.41 Å². The first kappa shape index (κ1) is 15.8. The van der Waals surface area contributed by atoms with Crippen LogP contribution >= 0.6 is 0 Å². The third kappa shape index (κ3) is 2.65. The summed E-state index contributed by atoms with van der Waals surface area (Å²) < 4.78 is 5.65. The van der Waals surface area contributed by atoms with Crippen molar-refractivity contribution in [3.63, 3.8) is 0 Å². The van der Waals surface area contributed by atoms with Crippen molar-refractivity contribution in [2.45, 2.75) is 83.2 Å².